The lowest BCUT2D eigenvalue weighted by Gasteiger charge is -2.38. The van der Waals surface area contributed by atoms with Crippen LogP contribution < -0.4 is 14.5 Å². The Morgan fingerprint density at radius 3 is 2.32 bits per heavy atom. The lowest BCUT2D eigenvalue weighted by Crippen LogP contribution is -2.55. The summed E-state index contributed by atoms with van der Waals surface area (Å²) < 4.78 is 57.6. The van der Waals surface area contributed by atoms with Gasteiger partial charge in [0.25, 0.3) is 10.0 Å². The number of hydrogen-bond acceptors (Lipinski definition) is 6. The van der Waals surface area contributed by atoms with Crippen LogP contribution >= 0.6 is 0 Å². The van der Waals surface area contributed by atoms with Crippen LogP contribution in [0.1, 0.15) is 11.1 Å². The largest absolute Gasteiger partial charge is 0.435 e. The van der Waals surface area contributed by atoms with Gasteiger partial charge in [-0.05, 0) is 55.3 Å². The van der Waals surface area contributed by atoms with Gasteiger partial charge in [-0.15, -0.1) is 0 Å². The zero-order valence-electron chi connectivity index (χ0n) is 22.6. The van der Waals surface area contributed by atoms with Gasteiger partial charge in [-0.1, -0.05) is 36.4 Å². The van der Waals surface area contributed by atoms with Crippen LogP contribution in [-0.2, 0) is 14.8 Å². The van der Waals surface area contributed by atoms with Gasteiger partial charge in [-0.25, -0.2) is 17.5 Å². The average molecular weight is 585 g/mol. The van der Waals surface area contributed by atoms with Crippen molar-refractivity contribution in [3.8, 4) is 5.75 Å². The monoisotopic (exact) mass is 584 g/mol. The lowest BCUT2D eigenvalue weighted by molar-refractivity contribution is -0.132. The molecule has 2 fully saturated rings. The number of hydrogen-bond donors (Lipinski definition) is 0. The molecule has 0 aromatic heterocycles. The van der Waals surface area contributed by atoms with Crippen molar-refractivity contribution in [2.24, 2.45) is 0 Å². The standard InChI is InChI=1S/C29H30F2N4O5S/c1-20-11-12-21(2)25(17-20)32-13-15-33(16-14-32)27(36)26-19-34(29(37)35(26)22-7-4-3-5-8-22)41(38,39)24-10-6-9-23(18-24)40-28(30)31/h3-12,17-18,26,28H,13-16,19H2,1-2H3. The zero-order chi connectivity index (χ0) is 29.3. The first-order valence-corrected chi connectivity index (χ1v) is 14.6. The molecular weight excluding hydrogens is 554 g/mol. The highest BCUT2D eigenvalue weighted by Gasteiger charge is 2.49. The second kappa shape index (κ2) is 11.4. The maximum absolute atomic E-state index is 13.9. The molecule has 3 amide bonds. The van der Waals surface area contributed by atoms with Gasteiger partial charge in [-0.2, -0.15) is 8.78 Å². The summed E-state index contributed by atoms with van der Waals surface area (Å²) in [7, 11) is -4.50. The number of nitrogens with zero attached hydrogens (tertiary/aromatic N) is 4. The number of para-hydroxylation sites is 1. The van der Waals surface area contributed by atoms with E-state index in [1.54, 1.807) is 35.2 Å². The van der Waals surface area contributed by atoms with Gasteiger partial charge in [0, 0.05) is 43.6 Å². The molecule has 216 valence electrons. The summed E-state index contributed by atoms with van der Waals surface area (Å²) in [6, 6.07) is 17.2. The van der Waals surface area contributed by atoms with E-state index in [9.17, 15) is 26.8 Å². The molecule has 3 aromatic rings. The van der Waals surface area contributed by atoms with E-state index < -0.39 is 40.1 Å². The molecule has 5 rings (SSSR count). The zero-order valence-corrected chi connectivity index (χ0v) is 23.4. The predicted octanol–water partition coefficient (Wildman–Crippen LogP) is 4.25. The fourth-order valence-corrected chi connectivity index (χ4v) is 6.62. The molecule has 0 bridgehead atoms. The molecule has 1 unspecified atom stereocenters. The van der Waals surface area contributed by atoms with E-state index in [4.69, 9.17) is 0 Å². The van der Waals surface area contributed by atoms with Gasteiger partial charge < -0.3 is 14.5 Å². The highest BCUT2D eigenvalue weighted by molar-refractivity contribution is 7.89. The fraction of sp³-hybridized carbons (Fsp3) is 0.310. The molecular formula is C29H30F2N4O5S. The van der Waals surface area contributed by atoms with Crippen LogP contribution in [-0.4, -0.2) is 74.9 Å². The van der Waals surface area contributed by atoms with Crippen molar-refractivity contribution in [1.82, 2.24) is 9.21 Å². The van der Waals surface area contributed by atoms with Crippen molar-refractivity contribution in [3.63, 3.8) is 0 Å². The Kier molecular flexibility index (Phi) is 7.85. The van der Waals surface area contributed by atoms with Crippen molar-refractivity contribution in [2.75, 3.05) is 42.5 Å². The van der Waals surface area contributed by atoms with E-state index in [2.05, 4.69) is 27.8 Å². The van der Waals surface area contributed by atoms with Crippen molar-refractivity contribution >= 4 is 33.3 Å². The smallest absolute Gasteiger partial charge is 0.387 e. The molecule has 41 heavy (non-hydrogen) atoms. The normalized spacial score (nSPS) is 17.9. The Morgan fingerprint density at radius 2 is 1.63 bits per heavy atom. The van der Waals surface area contributed by atoms with E-state index in [0.29, 0.717) is 36.2 Å². The Hall–Kier alpha value is -4.19. The maximum atomic E-state index is 13.9. The molecule has 1 atom stereocenters. The van der Waals surface area contributed by atoms with Gasteiger partial charge in [-0.3, -0.25) is 9.69 Å². The summed E-state index contributed by atoms with van der Waals surface area (Å²) in [4.78, 5) is 32.2. The molecule has 12 heteroatoms. The summed E-state index contributed by atoms with van der Waals surface area (Å²) in [5.41, 5.74) is 3.75. The molecule has 2 aliphatic heterocycles. The van der Waals surface area contributed by atoms with Crippen molar-refractivity contribution < 1.29 is 31.5 Å². The van der Waals surface area contributed by atoms with E-state index in [1.807, 2.05) is 13.8 Å². The quantitative estimate of drug-likeness (QED) is 0.413. The second-order valence-corrected chi connectivity index (χ2v) is 11.9. The number of anilines is 2. The number of aryl methyl sites for hydroxylation is 2. The van der Waals surface area contributed by atoms with Gasteiger partial charge in [0.15, 0.2) is 0 Å². The molecule has 2 aliphatic rings. The molecule has 0 aliphatic carbocycles. The van der Waals surface area contributed by atoms with Gasteiger partial charge >= 0.3 is 12.6 Å². The number of sulfonamides is 1. The van der Waals surface area contributed by atoms with E-state index in [0.717, 1.165) is 22.9 Å². The van der Waals surface area contributed by atoms with Gasteiger partial charge in [0.05, 0.1) is 11.4 Å². The molecule has 0 radical (unpaired) electrons. The third-order valence-electron chi connectivity index (χ3n) is 7.30. The number of halogens is 2. The van der Waals surface area contributed by atoms with E-state index in [-0.39, 0.29) is 11.7 Å². The number of piperazine rings is 1. The van der Waals surface area contributed by atoms with Crippen LogP contribution in [0.4, 0.5) is 25.0 Å². The van der Waals surface area contributed by atoms with Crippen LogP contribution in [0.25, 0.3) is 0 Å². The average Bonchev–Trinajstić information content (AvgIpc) is 3.32. The summed E-state index contributed by atoms with van der Waals surface area (Å²) >= 11 is 0. The third-order valence-corrected chi connectivity index (χ3v) is 9.04. The maximum Gasteiger partial charge on any atom is 0.387 e. The first-order valence-electron chi connectivity index (χ1n) is 13.1. The number of carbonyl (C=O) groups is 2. The van der Waals surface area contributed by atoms with Crippen LogP contribution in [0.3, 0.4) is 0 Å². The van der Waals surface area contributed by atoms with Crippen LogP contribution in [0, 0.1) is 13.8 Å². The molecule has 9 nitrogen and oxygen atoms in total. The Labute approximate surface area is 237 Å². The highest BCUT2D eigenvalue weighted by atomic mass is 32.2. The number of ether oxygens (including phenoxy) is 1. The van der Waals surface area contributed by atoms with Crippen molar-refractivity contribution in [1.29, 1.82) is 0 Å². The topological polar surface area (TPSA) is 90.5 Å². The summed E-state index contributed by atoms with van der Waals surface area (Å²) in [6.07, 6.45) is 0. The van der Waals surface area contributed by atoms with E-state index in [1.165, 1.54) is 23.1 Å². The summed E-state index contributed by atoms with van der Waals surface area (Å²) in [6.45, 7) is 2.47. The second-order valence-electron chi connectivity index (χ2n) is 10.00. The Bertz CT molecular complexity index is 1550. The van der Waals surface area contributed by atoms with Crippen molar-refractivity contribution in [3.05, 3.63) is 83.9 Å². The molecule has 0 saturated carbocycles. The number of alkyl halides is 2. The Balaban J connectivity index is 1.40. The van der Waals surface area contributed by atoms with Crippen molar-refractivity contribution in [2.45, 2.75) is 31.4 Å². The SMILES string of the molecule is Cc1ccc(C)c(N2CCN(C(=O)C3CN(S(=O)(=O)c4cccc(OC(F)F)c4)C(=O)N3c3ccccc3)CC2)c1. The van der Waals surface area contributed by atoms with Crippen LogP contribution in [0.2, 0.25) is 0 Å². The number of amides is 3. The summed E-state index contributed by atoms with van der Waals surface area (Å²) in [5, 5.41) is 0. The predicted molar refractivity (Wildman–Crippen MR) is 150 cm³/mol. The minimum absolute atomic E-state index is 0.359. The van der Waals surface area contributed by atoms with Crippen LogP contribution in [0.15, 0.2) is 77.7 Å². The van der Waals surface area contributed by atoms with Crippen LogP contribution in [0.5, 0.6) is 5.75 Å². The highest BCUT2D eigenvalue weighted by Crippen LogP contribution is 2.32. The number of rotatable bonds is 7. The molecule has 2 heterocycles. The first kappa shape index (κ1) is 28.3. The van der Waals surface area contributed by atoms with Gasteiger partial charge in [0.2, 0.25) is 5.91 Å². The molecule has 2 saturated heterocycles. The van der Waals surface area contributed by atoms with Gasteiger partial charge in [0.1, 0.15) is 11.8 Å². The third kappa shape index (κ3) is 5.69. The number of benzene rings is 3. The number of urea groups is 1. The first-order chi connectivity index (χ1) is 19.6. The molecule has 0 N–H and O–H groups in total. The minimum Gasteiger partial charge on any atom is -0.435 e. The molecule has 0 spiro atoms. The minimum atomic E-state index is -4.50. The fourth-order valence-electron chi connectivity index (χ4n) is 5.22. The Morgan fingerprint density at radius 1 is 0.927 bits per heavy atom. The summed E-state index contributed by atoms with van der Waals surface area (Å²) in [5.74, 6) is -0.725. The number of carbonyl (C=O) groups excluding carboxylic acids is 2. The van der Waals surface area contributed by atoms with E-state index >= 15 is 0 Å². The molecule has 3 aromatic carbocycles. The lowest BCUT2D eigenvalue weighted by atomic mass is 10.1.